The fourth-order valence-corrected chi connectivity index (χ4v) is 6.00. The molecule has 0 aromatic heterocycles. The Bertz CT molecular complexity index is 819. The number of carbonyl (C=O) groups excluding carboxylic acids is 1. The minimum absolute atomic E-state index is 0.0973. The van der Waals surface area contributed by atoms with E-state index in [2.05, 4.69) is 4.90 Å². The summed E-state index contributed by atoms with van der Waals surface area (Å²) in [6, 6.07) is 4.30. The molecule has 0 N–H and O–H groups in total. The molecule has 1 saturated carbocycles. The average molecular weight is 444 g/mol. The van der Waals surface area contributed by atoms with E-state index in [1.165, 1.54) is 23.5 Å². The summed E-state index contributed by atoms with van der Waals surface area (Å²) in [5.41, 5.74) is 0. The van der Waals surface area contributed by atoms with Crippen molar-refractivity contribution >= 4 is 27.5 Å². The molecule has 1 aliphatic heterocycles. The van der Waals surface area contributed by atoms with E-state index in [0.717, 1.165) is 45.2 Å². The third-order valence-corrected chi connectivity index (χ3v) is 8.05. The van der Waals surface area contributed by atoms with Gasteiger partial charge in [0.1, 0.15) is 5.75 Å². The molecule has 29 heavy (non-hydrogen) atoms. The lowest BCUT2D eigenvalue weighted by atomic mass is 9.95. The van der Waals surface area contributed by atoms with Crippen molar-refractivity contribution < 1.29 is 17.9 Å². The maximum atomic E-state index is 13.5. The van der Waals surface area contributed by atoms with Gasteiger partial charge in [-0.05, 0) is 38.1 Å². The minimum atomic E-state index is -3.86. The van der Waals surface area contributed by atoms with Crippen molar-refractivity contribution in [1.82, 2.24) is 14.1 Å². The second-order valence-electron chi connectivity index (χ2n) is 7.82. The predicted molar refractivity (Wildman–Crippen MR) is 113 cm³/mol. The number of nitrogens with zero attached hydrogens (tertiary/aromatic N) is 3. The summed E-state index contributed by atoms with van der Waals surface area (Å²) in [6.07, 6.45) is 4.61. The summed E-state index contributed by atoms with van der Waals surface area (Å²) >= 11 is 6.18. The summed E-state index contributed by atoms with van der Waals surface area (Å²) in [5, 5.41) is 0.238. The highest BCUT2D eigenvalue weighted by Gasteiger charge is 2.35. The van der Waals surface area contributed by atoms with E-state index in [-0.39, 0.29) is 28.4 Å². The van der Waals surface area contributed by atoms with Crippen LogP contribution in [0.15, 0.2) is 23.1 Å². The van der Waals surface area contributed by atoms with E-state index < -0.39 is 10.0 Å². The Morgan fingerprint density at radius 1 is 1.17 bits per heavy atom. The van der Waals surface area contributed by atoms with Gasteiger partial charge in [-0.1, -0.05) is 30.9 Å². The van der Waals surface area contributed by atoms with Gasteiger partial charge in [0.2, 0.25) is 15.9 Å². The maximum Gasteiger partial charge on any atom is 0.243 e. The summed E-state index contributed by atoms with van der Waals surface area (Å²) in [6.45, 7) is 2.73. The number of ether oxygens (including phenoxy) is 1. The lowest BCUT2D eigenvalue weighted by Gasteiger charge is -2.36. The number of sulfonamides is 1. The topological polar surface area (TPSA) is 70.2 Å². The normalized spacial score (nSPS) is 19.5. The van der Waals surface area contributed by atoms with Crippen LogP contribution in [0.3, 0.4) is 0 Å². The molecule has 2 fully saturated rings. The largest absolute Gasteiger partial charge is 0.495 e. The molecule has 0 bridgehead atoms. The standard InChI is InChI=1S/C20H30ClN3O4S/c1-22-10-12-23(13-11-22)20(25)15-24(16-6-4-3-5-7-16)29(26,27)17-8-9-19(28-2)18(21)14-17/h8-9,14,16H,3-7,10-13,15H2,1-2H3. The maximum absolute atomic E-state index is 13.5. The Morgan fingerprint density at radius 3 is 2.41 bits per heavy atom. The van der Waals surface area contributed by atoms with Crippen molar-refractivity contribution in [1.29, 1.82) is 0 Å². The molecule has 3 rings (SSSR count). The number of benzene rings is 1. The van der Waals surface area contributed by atoms with Crippen LogP contribution < -0.4 is 4.74 Å². The molecule has 0 atom stereocenters. The summed E-state index contributed by atoms with van der Waals surface area (Å²) < 4.78 is 33.5. The van der Waals surface area contributed by atoms with Crippen LogP contribution in [-0.2, 0) is 14.8 Å². The lowest BCUT2D eigenvalue weighted by Crippen LogP contribution is -2.52. The predicted octanol–water partition coefficient (Wildman–Crippen LogP) is 2.45. The quantitative estimate of drug-likeness (QED) is 0.675. The highest BCUT2D eigenvalue weighted by Crippen LogP contribution is 2.32. The molecule has 7 nitrogen and oxygen atoms in total. The van der Waals surface area contributed by atoms with Crippen LogP contribution in [0.5, 0.6) is 5.75 Å². The van der Waals surface area contributed by atoms with Gasteiger partial charge >= 0.3 is 0 Å². The van der Waals surface area contributed by atoms with Crippen LogP contribution in [0.25, 0.3) is 0 Å². The Labute approximate surface area is 178 Å². The number of piperazine rings is 1. The zero-order valence-corrected chi connectivity index (χ0v) is 18.7. The first-order chi connectivity index (χ1) is 13.8. The first-order valence-corrected chi connectivity index (χ1v) is 12.0. The van der Waals surface area contributed by atoms with Gasteiger partial charge in [-0.15, -0.1) is 0 Å². The molecule has 1 amide bonds. The molecule has 1 saturated heterocycles. The molecule has 1 aliphatic carbocycles. The van der Waals surface area contributed by atoms with Gasteiger partial charge in [-0.3, -0.25) is 4.79 Å². The third-order valence-electron chi connectivity index (χ3n) is 5.86. The van der Waals surface area contributed by atoms with Crippen molar-refractivity contribution in [2.24, 2.45) is 0 Å². The first kappa shape index (κ1) is 22.3. The molecule has 1 aromatic rings. The molecule has 1 heterocycles. The molecule has 162 valence electrons. The van der Waals surface area contributed by atoms with E-state index in [4.69, 9.17) is 16.3 Å². The Balaban J connectivity index is 1.86. The van der Waals surface area contributed by atoms with E-state index >= 15 is 0 Å². The molecule has 2 aliphatic rings. The van der Waals surface area contributed by atoms with Gasteiger partial charge < -0.3 is 14.5 Å². The molecular weight excluding hydrogens is 414 g/mol. The monoisotopic (exact) mass is 443 g/mol. The van der Waals surface area contributed by atoms with Crippen LogP contribution in [0.2, 0.25) is 5.02 Å². The van der Waals surface area contributed by atoms with Crippen molar-refractivity contribution in [3.63, 3.8) is 0 Å². The number of hydrogen-bond acceptors (Lipinski definition) is 5. The molecule has 1 aromatic carbocycles. The SMILES string of the molecule is COc1ccc(S(=O)(=O)N(CC(=O)N2CCN(C)CC2)C2CCCCC2)cc1Cl. The van der Waals surface area contributed by atoms with E-state index in [0.29, 0.717) is 18.8 Å². The summed E-state index contributed by atoms with van der Waals surface area (Å²) in [7, 11) is -0.351. The van der Waals surface area contributed by atoms with Crippen molar-refractivity contribution in [2.75, 3.05) is 46.9 Å². The number of likely N-dealkylation sites (N-methyl/N-ethyl adjacent to an activating group) is 1. The number of halogens is 1. The number of amides is 1. The van der Waals surface area contributed by atoms with Crippen LogP contribution >= 0.6 is 11.6 Å². The van der Waals surface area contributed by atoms with Crippen LogP contribution in [0.4, 0.5) is 0 Å². The Hall–Kier alpha value is -1.35. The molecular formula is C20H30ClN3O4S. The number of carbonyl (C=O) groups is 1. The zero-order valence-electron chi connectivity index (χ0n) is 17.1. The Morgan fingerprint density at radius 2 is 1.83 bits per heavy atom. The molecule has 0 radical (unpaired) electrons. The van der Waals surface area contributed by atoms with E-state index in [9.17, 15) is 13.2 Å². The number of methoxy groups -OCH3 is 1. The second kappa shape index (κ2) is 9.64. The zero-order chi connectivity index (χ0) is 21.0. The van der Waals surface area contributed by atoms with Gasteiger partial charge in [-0.2, -0.15) is 4.31 Å². The molecule has 0 spiro atoms. The fourth-order valence-electron chi connectivity index (χ4n) is 4.01. The van der Waals surface area contributed by atoms with Crippen LogP contribution in [0, 0.1) is 0 Å². The second-order valence-corrected chi connectivity index (χ2v) is 10.1. The highest BCUT2D eigenvalue weighted by molar-refractivity contribution is 7.89. The van der Waals surface area contributed by atoms with Crippen molar-refractivity contribution in [3.05, 3.63) is 23.2 Å². The van der Waals surface area contributed by atoms with Gasteiger partial charge in [0.15, 0.2) is 0 Å². The van der Waals surface area contributed by atoms with Gasteiger partial charge in [0.05, 0.1) is 23.6 Å². The van der Waals surface area contributed by atoms with Gasteiger partial charge in [-0.25, -0.2) is 8.42 Å². The van der Waals surface area contributed by atoms with Crippen molar-refractivity contribution in [3.8, 4) is 5.75 Å². The summed E-state index contributed by atoms with van der Waals surface area (Å²) in [5.74, 6) is 0.287. The highest BCUT2D eigenvalue weighted by atomic mass is 35.5. The average Bonchev–Trinajstić information content (AvgIpc) is 2.72. The van der Waals surface area contributed by atoms with Gasteiger partial charge in [0.25, 0.3) is 0 Å². The lowest BCUT2D eigenvalue weighted by molar-refractivity contribution is -0.133. The molecule has 0 unspecified atom stereocenters. The first-order valence-electron chi connectivity index (χ1n) is 10.1. The minimum Gasteiger partial charge on any atom is -0.495 e. The fraction of sp³-hybridized carbons (Fsp3) is 0.650. The van der Waals surface area contributed by atoms with Crippen molar-refractivity contribution in [2.45, 2.75) is 43.0 Å². The summed E-state index contributed by atoms with van der Waals surface area (Å²) in [4.78, 5) is 17.0. The van der Waals surface area contributed by atoms with Gasteiger partial charge in [0, 0.05) is 32.2 Å². The third kappa shape index (κ3) is 5.23. The smallest absolute Gasteiger partial charge is 0.243 e. The molecule has 9 heteroatoms. The van der Waals surface area contributed by atoms with Crippen LogP contribution in [0.1, 0.15) is 32.1 Å². The number of rotatable bonds is 6. The van der Waals surface area contributed by atoms with E-state index in [1.807, 2.05) is 7.05 Å². The van der Waals surface area contributed by atoms with E-state index in [1.54, 1.807) is 11.0 Å². The Kier molecular flexibility index (Phi) is 7.42. The number of hydrogen-bond donors (Lipinski definition) is 0. The van der Waals surface area contributed by atoms with Crippen LogP contribution in [-0.4, -0.2) is 81.4 Å².